The minimum absolute atomic E-state index is 0.0108. The minimum Gasteiger partial charge on any atom is -0.341 e. The highest BCUT2D eigenvalue weighted by atomic mass is 32.2. The molecule has 1 fully saturated rings. The summed E-state index contributed by atoms with van der Waals surface area (Å²) in [5.41, 5.74) is 1.82. The van der Waals surface area contributed by atoms with E-state index in [9.17, 15) is 9.59 Å². The third-order valence-corrected chi connectivity index (χ3v) is 4.87. The Hall–Kier alpha value is -1.75. The van der Waals surface area contributed by atoms with E-state index in [-0.39, 0.29) is 18.4 Å². The normalized spacial score (nSPS) is 19.1. The molecule has 22 heavy (non-hydrogen) atoms. The zero-order chi connectivity index (χ0) is 15.4. The van der Waals surface area contributed by atoms with Crippen molar-refractivity contribution in [1.29, 1.82) is 0 Å². The van der Waals surface area contributed by atoms with Gasteiger partial charge in [0.1, 0.15) is 6.54 Å². The predicted molar refractivity (Wildman–Crippen MR) is 89.0 cm³/mol. The van der Waals surface area contributed by atoms with Crippen molar-refractivity contribution in [2.45, 2.75) is 19.3 Å². The number of carbonyl (C=O) groups excluding carboxylic acids is 2. The maximum Gasteiger partial charge on any atom is 0.242 e. The molecule has 2 aliphatic heterocycles. The first-order valence-electron chi connectivity index (χ1n) is 7.71. The van der Waals surface area contributed by atoms with Crippen molar-refractivity contribution in [2.24, 2.45) is 0 Å². The summed E-state index contributed by atoms with van der Waals surface area (Å²) in [6.07, 6.45) is 3.33. The number of piperidine rings is 1. The third kappa shape index (κ3) is 3.35. The number of benzene rings is 1. The van der Waals surface area contributed by atoms with E-state index in [0.29, 0.717) is 5.75 Å². The molecule has 116 valence electrons. The van der Waals surface area contributed by atoms with Gasteiger partial charge >= 0.3 is 0 Å². The molecule has 4 nitrogen and oxygen atoms in total. The SMILES string of the molecule is O=C(CN1C(=O)CSC=C1c1ccccc1)N1CCCCC1. The maximum atomic E-state index is 12.5. The van der Waals surface area contributed by atoms with Crippen molar-refractivity contribution in [1.82, 2.24) is 9.80 Å². The molecule has 3 rings (SSSR count). The fourth-order valence-corrected chi connectivity index (χ4v) is 3.66. The van der Waals surface area contributed by atoms with Crippen molar-refractivity contribution in [3.05, 3.63) is 41.3 Å². The zero-order valence-electron chi connectivity index (χ0n) is 12.5. The highest BCUT2D eigenvalue weighted by Crippen LogP contribution is 2.28. The molecule has 1 aromatic rings. The molecule has 1 saturated heterocycles. The summed E-state index contributed by atoms with van der Waals surface area (Å²) in [6, 6.07) is 9.80. The van der Waals surface area contributed by atoms with Crippen LogP contribution in [0.4, 0.5) is 0 Å². The van der Waals surface area contributed by atoms with Gasteiger partial charge in [0, 0.05) is 13.1 Å². The molecule has 5 heteroatoms. The fourth-order valence-electron chi connectivity index (χ4n) is 2.85. The Labute approximate surface area is 135 Å². The number of hydrogen-bond donors (Lipinski definition) is 0. The summed E-state index contributed by atoms with van der Waals surface area (Å²) in [5, 5.41) is 1.99. The lowest BCUT2D eigenvalue weighted by Crippen LogP contribution is -2.45. The topological polar surface area (TPSA) is 40.6 Å². The molecule has 0 spiro atoms. The van der Waals surface area contributed by atoms with Crippen molar-refractivity contribution in [2.75, 3.05) is 25.4 Å². The molecule has 0 aromatic heterocycles. The van der Waals surface area contributed by atoms with Crippen LogP contribution < -0.4 is 0 Å². The van der Waals surface area contributed by atoms with Crippen molar-refractivity contribution >= 4 is 29.3 Å². The number of rotatable bonds is 3. The Morgan fingerprint density at radius 2 is 1.82 bits per heavy atom. The van der Waals surface area contributed by atoms with Gasteiger partial charge in [-0.15, -0.1) is 11.8 Å². The Bertz CT molecular complexity index is 580. The van der Waals surface area contributed by atoms with E-state index in [1.165, 1.54) is 18.2 Å². The molecular formula is C17H20N2O2S. The first-order valence-corrected chi connectivity index (χ1v) is 8.76. The van der Waals surface area contributed by atoms with Gasteiger partial charge in [-0.25, -0.2) is 0 Å². The van der Waals surface area contributed by atoms with Crippen LogP contribution in [0.15, 0.2) is 35.7 Å². The standard InChI is InChI=1S/C17H20N2O2S/c20-16(18-9-5-2-6-10-18)11-19-15(12-22-13-17(19)21)14-7-3-1-4-8-14/h1,3-4,7-8,12H,2,5-6,9-11,13H2. The van der Waals surface area contributed by atoms with E-state index in [2.05, 4.69) is 0 Å². The summed E-state index contributed by atoms with van der Waals surface area (Å²) in [7, 11) is 0. The van der Waals surface area contributed by atoms with Crippen LogP contribution in [-0.4, -0.2) is 47.0 Å². The molecule has 0 aliphatic carbocycles. The van der Waals surface area contributed by atoms with Crippen LogP contribution in [0.3, 0.4) is 0 Å². The van der Waals surface area contributed by atoms with Gasteiger partial charge in [0.15, 0.2) is 0 Å². The van der Waals surface area contributed by atoms with Crippen molar-refractivity contribution in [3.8, 4) is 0 Å². The number of amides is 2. The summed E-state index contributed by atoms with van der Waals surface area (Å²) < 4.78 is 0. The Balaban J connectivity index is 1.77. The molecule has 2 heterocycles. The van der Waals surface area contributed by atoms with Gasteiger partial charge in [-0.2, -0.15) is 0 Å². The summed E-state index contributed by atoms with van der Waals surface area (Å²) >= 11 is 1.49. The average Bonchev–Trinajstić information content (AvgIpc) is 2.58. The smallest absolute Gasteiger partial charge is 0.242 e. The lowest BCUT2D eigenvalue weighted by Gasteiger charge is -2.32. The monoisotopic (exact) mass is 316 g/mol. The molecule has 0 radical (unpaired) electrons. The second kappa shape index (κ2) is 7.01. The van der Waals surface area contributed by atoms with E-state index in [1.807, 2.05) is 40.6 Å². The lowest BCUT2D eigenvalue weighted by atomic mass is 10.1. The molecule has 0 unspecified atom stereocenters. The molecule has 1 aromatic carbocycles. The molecule has 0 N–H and O–H groups in total. The van der Waals surface area contributed by atoms with E-state index in [1.54, 1.807) is 4.90 Å². The largest absolute Gasteiger partial charge is 0.341 e. The maximum absolute atomic E-state index is 12.5. The highest BCUT2D eigenvalue weighted by molar-refractivity contribution is 8.03. The van der Waals surface area contributed by atoms with Crippen LogP contribution in [0.1, 0.15) is 24.8 Å². The third-order valence-electron chi connectivity index (χ3n) is 4.07. The molecular weight excluding hydrogens is 296 g/mol. The lowest BCUT2D eigenvalue weighted by molar-refractivity contribution is -0.137. The number of carbonyl (C=O) groups is 2. The van der Waals surface area contributed by atoms with E-state index in [4.69, 9.17) is 0 Å². The van der Waals surface area contributed by atoms with Crippen LogP contribution in [0.5, 0.6) is 0 Å². The quantitative estimate of drug-likeness (QED) is 0.860. The zero-order valence-corrected chi connectivity index (χ0v) is 13.3. The minimum atomic E-state index is 0.0108. The first kappa shape index (κ1) is 15.2. The van der Waals surface area contributed by atoms with Gasteiger partial charge in [0.25, 0.3) is 0 Å². The van der Waals surface area contributed by atoms with Crippen LogP contribution in [-0.2, 0) is 9.59 Å². The molecule has 2 aliphatic rings. The Kier molecular flexibility index (Phi) is 4.83. The second-order valence-corrected chi connectivity index (χ2v) is 6.46. The fraction of sp³-hybridized carbons (Fsp3) is 0.412. The molecule has 0 saturated carbocycles. The predicted octanol–water partition coefficient (Wildman–Crippen LogP) is 2.57. The van der Waals surface area contributed by atoms with Gasteiger partial charge in [-0.3, -0.25) is 9.59 Å². The number of nitrogens with zero attached hydrogens (tertiary/aromatic N) is 2. The van der Waals surface area contributed by atoms with Gasteiger partial charge in [-0.1, -0.05) is 30.3 Å². The first-order chi connectivity index (χ1) is 10.8. The van der Waals surface area contributed by atoms with Crippen LogP contribution in [0.25, 0.3) is 5.70 Å². The van der Waals surface area contributed by atoms with Gasteiger partial charge < -0.3 is 9.80 Å². The highest BCUT2D eigenvalue weighted by Gasteiger charge is 2.27. The summed E-state index contributed by atoms with van der Waals surface area (Å²) in [5.74, 6) is 0.474. The number of likely N-dealkylation sites (tertiary alicyclic amines) is 1. The Morgan fingerprint density at radius 3 is 2.55 bits per heavy atom. The van der Waals surface area contributed by atoms with Gasteiger partial charge in [0.2, 0.25) is 11.8 Å². The average molecular weight is 316 g/mol. The van der Waals surface area contributed by atoms with Gasteiger partial charge in [-0.05, 0) is 30.2 Å². The van der Waals surface area contributed by atoms with Crippen LogP contribution >= 0.6 is 11.8 Å². The molecule has 2 amide bonds. The van der Waals surface area contributed by atoms with Crippen LogP contribution in [0, 0.1) is 0 Å². The summed E-state index contributed by atoms with van der Waals surface area (Å²) in [6.45, 7) is 1.79. The number of hydrogen-bond acceptors (Lipinski definition) is 3. The van der Waals surface area contributed by atoms with Crippen molar-refractivity contribution < 1.29 is 9.59 Å². The van der Waals surface area contributed by atoms with Crippen LogP contribution in [0.2, 0.25) is 0 Å². The van der Waals surface area contributed by atoms with Crippen molar-refractivity contribution in [3.63, 3.8) is 0 Å². The summed E-state index contributed by atoms with van der Waals surface area (Å²) in [4.78, 5) is 28.3. The second-order valence-electron chi connectivity index (χ2n) is 5.60. The van der Waals surface area contributed by atoms with E-state index >= 15 is 0 Å². The molecule has 0 atom stereocenters. The Morgan fingerprint density at radius 1 is 1.09 bits per heavy atom. The molecule has 0 bridgehead atoms. The number of thioether (sulfide) groups is 1. The van der Waals surface area contributed by atoms with Gasteiger partial charge in [0.05, 0.1) is 11.4 Å². The van der Waals surface area contributed by atoms with E-state index < -0.39 is 0 Å². The van der Waals surface area contributed by atoms with E-state index in [0.717, 1.165) is 37.2 Å².